The minimum Gasteiger partial charge on any atom is -0.419 e. The number of aromatic nitrogens is 3. The smallest absolute Gasteiger partial charge is 0.251 e. The molecule has 0 fully saturated rings. The van der Waals surface area contributed by atoms with Crippen LogP contribution in [0.1, 0.15) is 16.1 Å². The van der Waals surface area contributed by atoms with E-state index in [1.165, 1.54) is 12.3 Å². The van der Waals surface area contributed by atoms with E-state index in [2.05, 4.69) is 15.2 Å². The van der Waals surface area contributed by atoms with Crippen molar-refractivity contribution in [3.63, 3.8) is 0 Å². The summed E-state index contributed by atoms with van der Waals surface area (Å²) in [7, 11) is 0. The number of carbonyl (C=O) groups is 1. The zero-order valence-corrected chi connectivity index (χ0v) is 9.10. The van der Waals surface area contributed by atoms with E-state index in [9.17, 15) is 4.79 Å². The number of ether oxygens (including phenoxy) is 1. The number of H-pyrrole nitrogens is 1. The summed E-state index contributed by atoms with van der Waals surface area (Å²) in [5, 5.41) is 6.59. The number of nitrogen functional groups attached to an aromatic ring is 1. The van der Waals surface area contributed by atoms with Gasteiger partial charge in [0.1, 0.15) is 0 Å². The minimum absolute atomic E-state index is 0.169. The lowest BCUT2D eigenvalue weighted by atomic mass is 10.2. The molecule has 0 spiro atoms. The Morgan fingerprint density at radius 2 is 2.18 bits per heavy atom. The van der Waals surface area contributed by atoms with E-state index in [0.29, 0.717) is 5.88 Å². The van der Waals surface area contributed by atoms with Crippen molar-refractivity contribution in [3.8, 4) is 11.8 Å². The van der Waals surface area contributed by atoms with Crippen molar-refractivity contribution in [2.75, 3.05) is 5.73 Å². The van der Waals surface area contributed by atoms with E-state index in [1.54, 1.807) is 6.07 Å². The normalized spacial score (nSPS) is 10.2. The van der Waals surface area contributed by atoms with E-state index in [-0.39, 0.29) is 17.1 Å². The van der Waals surface area contributed by atoms with Crippen LogP contribution in [0.2, 0.25) is 0 Å². The van der Waals surface area contributed by atoms with Crippen LogP contribution in [0.3, 0.4) is 0 Å². The maximum atomic E-state index is 11.1. The maximum absolute atomic E-state index is 11.1. The first-order valence-electron chi connectivity index (χ1n) is 4.81. The number of nitrogens with zero attached hydrogens (tertiary/aromatic N) is 2. The number of anilines is 1. The highest BCUT2D eigenvalue weighted by atomic mass is 16.5. The van der Waals surface area contributed by atoms with Crippen LogP contribution in [-0.2, 0) is 0 Å². The second kappa shape index (κ2) is 4.12. The molecule has 88 valence electrons. The molecule has 0 radical (unpaired) electrons. The van der Waals surface area contributed by atoms with Crippen molar-refractivity contribution in [1.29, 1.82) is 0 Å². The number of carbonyl (C=O) groups excluding carboxylic acids is 1. The first-order valence-corrected chi connectivity index (χ1v) is 4.81. The highest BCUT2D eigenvalue weighted by molar-refractivity contribution is 5.98. The van der Waals surface area contributed by atoms with Gasteiger partial charge in [-0.05, 0) is 6.92 Å². The molecule has 0 aromatic carbocycles. The molecule has 0 saturated heterocycles. The molecule has 7 heteroatoms. The average molecular weight is 233 g/mol. The summed E-state index contributed by atoms with van der Waals surface area (Å²) in [6.45, 7) is 1.84. The number of hydrogen-bond donors (Lipinski definition) is 3. The van der Waals surface area contributed by atoms with Crippen molar-refractivity contribution in [3.05, 3.63) is 29.6 Å². The number of primary amides is 1. The molecule has 0 bridgehead atoms. The van der Waals surface area contributed by atoms with Crippen LogP contribution in [0.4, 0.5) is 5.69 Å². The molecule has 0 unspecified atom stereocenters. The van der Waals surface area contributed by atoms with Crippen LogP contribution < -0.4 is 16.2 Å². The van der Waals surface area contributed by atoms with Gasteiger partial charge in [0, 0.05) is 17.8 Å². The van der Waals surface area contributed by atoms with Gasteiger partial charge in [-0.15, -0.1) is 5.10 Å². The number of nitrogens with one attached hydrogen (secondary N) is 1. The molecule has 1 amide bonds. The molecule has 0 aliphatic carbocycles. The molecule has 2 rings (SSSR count). The van der Waals surface area contributed by atoms with Crippen LogP contribution in [0.25, 0.3) is 0 Å². The third-order valence-corrected chi connectivity index (χ3v) is 2.07. The molecular formula is C10H11N5O2. The third-order valence-electron chi connectivity index (χ3n) is 2.07. The number of amides is 1. The van der Waals surface area contributed by atoms with Gasteiger partial charge in [0.2, 0.25) is 11.8 Å². The molecule has 5 N–H and O–H groups in total. The van der Waals surface area contributed by atoms with Gasteiger partial charge in [-0.3, -0.25) is 9.89 Å². The van der Waals surface area contributed by atoms with Gasteiger partial charge in [-0.25, -0.2) is 4.98 Å². The molecule has 17 heavy (non-hydrogen) atoms. The lowest BCUT2D eigenvalue weighted by Gasteiger charge is -2.04. The van der Waals surface area contributed by atoms with E-state index < -0.39 is 5.91 Å². The van der Waals surface area contributed by atoms with Crippen LogP contribution in [0.5, 0.6) is 11.8 Å². The summed E-state index contributed by atoms with van der Waals surface area (Å²) < 4.78 is 5.33. The second-order valence-corrected chi connectivity index (χ2v) is 3.47. The van der Waals surface area contributed by atoms with Crippen LogP contribution >= 0.6 is 0 Å². The molecule has 0 aliphatic rings. The lowest BCUT2D eigenvalue weighted by Crippen LogP contribution is -2.13. The number of rotatable bonds is 3. The molecule has 7 nitrogen and oxygen atoms in total. The predicted octanol–water partition coefficient (Wildman–Crippen LogP) is 0.587. The van der Waals surface area contributed by atoms with Gasteiger partial charge in [-0.2, -0.15) is 0 Å². The Hall–Kier alpha value is -2.57. The van der Waals surface area contributed by atoms with E-state index in [4.69, 9.17) is 16.2 Å². The van der Waals surface area contributed by atoms with Crippen molar-refractivity contribution >= 4 is 11.6 Å². The Bertz CT molecular complexity index is 564. The topological polar surface area (TPSA) is 120 Å². The molecule has 0 saturated carbocycles. The number of nitrogens with two attached hydrogens (primary N) is 2. The minimum atomic E-state index is -0.632. The van der Waals surface area contributed by atoms with Crippen molar-refractivity contribution < 1.29 is 9.53 Å². The van der Waals surface area contributed by atoms with Gasteiger partial charge in [0.25, 0.3) is 5.91 Å². The third kappa shape index (κ3) is 2.33. The highest BCUT2D eigenvalue weighted by Crippen LogP contribution is 2.21. The monoisotopic (exact) mass is 233 g/mol. The molecular weight excluding hydrogens is 222 g/mol. The Balaban J connectivity index is 2.28. The standard InChI is InChI=1S/C10H11N5O2/c1-5-2-9(15-14-5)17-8-3-6(10(12)16)7(11)4-13-8/h2-4H,11H2,1H3,(H2,12,16)(H,14,15). The molecule has 2 aromatic rings. The fourth-order valence-electron chi connectivity index (χ4n) is 1.27. The quantitative estimate of drug-likeness (QED) is 0.716. The van der Waals surface area contributed by atoms with Gasteiger partial charge in [-0.1, -0.05) is 0 Å². The van der Waals surface area contributed by atoms with Crippen molar-refractivity contribution in [1.82, 2.24) is 15.2 Å². The predicted molar refractivity (Wildman–Crippen MR) is 60.6 cm³/mol. The van der Waals surface area contributed by atoms with Crippen molar-refractivity contribution in [2.45, 2.75) is 6.92 Å². The van der Waals surface area contributed by atoms with E-state index >= 15 is 0 Å². The zero-order chi connectivity index (χ0) is 12.4. The number of aromatic amines is 1. The summed E-state index contributed by atoms with van der Waals surface area (Å²) in [5.41, 5.74) is 11.9. The first kappa shape index (κ1) is 10.9. The number of pyridine rings is 1. The van der Waals surface area contributed by atoms with Crippen LogP contribution in [-0.4, -0.2) is 21.1 Å². The number of hydrogen-bond acceptors (Lipinski definition) is 5. The summed E-state index contributed by atoms with van der Waals surface area (Å²) >= 11 is 0. The zero-order valence-electron chi connectivity index (χ0n) is 9.10. The molecule has 0 aliphatic heterocycles. The lowest BCUT2D eigenvalue weighted by molar-refractivity contribution is 0.100. The summed E-state index contributed by atoms with van der Waals surface area (Å²) in [6.07, 6.45) is 1.31. The Labute approximate surface area is 96.8 Å². The molecule has 0 atom stereocenters. The SMILES string of the molecule is Cc1cc(Oc2cc(C(N)=O)c(N)cn2)n[nH]1. The largest absolute Gasteiger partial charge is 0.419 e. The van der Waals surface area contributed by atoms with E-state index in [1.807, 2.05) is 6.92 Å². The summed E-state index contributed by atoms with van der Waals surface area (Å²) in [6, 6.07) is 3.07. The van der Waals surface area contributed by atoms with Gasteiger partial charge < -0.3 is 16.2 Å². The van der Waals surface area contributed by atoms with E-state index in [0.717, 1.165) is 5.69 Å². The maximum Gasteiger partial charge on any atom is 0.251 e. The van der Waals surface area contributed by atoms with Gasteiger partial charge in [0.15, 0.2) is 0 Å². The van der Waals surface area contributed by atoms with Gasteiger partial charge in [0.05, 0.1) is 17.4 Å². The van der Waals surface area contributed by atoms with Crippen LogP contribution in [0.15, 0.2) is 18.3 Å². The Kier molecular flexibility index (Phi) is 2.65. The fourth-order valence-corrected chi connectivity index (χ4v) is 1.27. The highest BCUT2D eigenvalue weighted by Gasteiger charge is 2.10. The fraction of sp³-hybridized carbons (Fsp3) is 0.100. The molecule has 2 aromatic heterocycles. The average Bonchev–Trinajstić information content (AvgIpc) is 2.66. The summed E-state index contributed by atoms with van der Waals surface area (Å²) in [4.78, 5) is 15.0. The number of aryl methyl sites for hydroxylation is 1. The molecule has 2 heterocycles. The Morgan fingerprint density at radius 1 is 1.41 bits per heavy atom. The second-order valence-electron chi connectivity index (χ2n) is 3.47. The first-order chi connectivity index (χ1) is 8.06. The van der Waals surface area contributed by atoms with Crippen LogP contribution in [0, 0.1) is 6.92 Å². The Morgan fingerprint density at radius 3 is 2.76 bits per heavy atom. The van der Waals surface area contributed by atoms with Crippen molar-refractivity contribution in [2.24, 2.45) is 5.73 Å². The van der Waals surface area contributed by atoms with Gasteiger partial charge >= 0.3 is 0 Å². The summed E-state index contributed by atoms with van der Waals surface area (Å²) in [5.74, 6) is -0.0670.